The van der Waals surface area contributed by atoms with Crippen LogP contribution in [0.1, 0.15) is 26.2 Å². The molecule has 78 valence electrons. The first-order valence-corrected chi connectivity index (χ1v) is 5.71. The summed E-state index contributed by atoms with van der Waals surface area (Å²) in [5, 5.41) is 0. The first-order valence-electron chi connectivity index (χ1n) is 4.13. The molecule has 6 heteroatoms. The molecule has 0 bridgehead atoms. The van der Waals surface area contributed by atoms with Gasteiger partial charge in [0.05, 0.1) is 11.9 Å². The first kappa shape index (κ1) is 10.8. The van der Waals surface area contributed by atoms with Crippen molar-refractivity contribution in [1.29, 1.82) is 0 Å². The van der Waals surface area contributed by atoms with Crippen molar-refractivity contribution in [3.63, 3.8) is 0 Å². The van der Waals surface area contributed by atoms with Gasteiger partial charge < -0.3 is 0 Å². The van der Waals surface area contributed by atoms with Crippen molar-refractivity contribution in [3.8, 4) is 0 Å². The van der Waals surface area contributed by atoms with Gasteiger partial charge in [0.1, 0.15) is 0 Å². The van der Waals surface area contributed by atoms with E-state index < -0.39 is 35.0 Å². The van der Waals surface area contributed by atoms with E-state index in [4.69, 9.17) is 0 Å². The molecule has 0 aliphatic heterocycles. The molecule has 0 aromatic rings. The molecule has 0 amide bonds. The zero-order valence-electron chi connectivity index (χ0n) is 7.29. The molecule has 0 heterocycles. The van der Waals surface area contributed by atoms with Crippen LogP contribution in [0.4, 0.5) is 8.78 Å². The third-order valence-electron chi connectivity index (χ3n) is 1.79. The molecule has 0 unspecified atom stereocenters. The average Bonchev–Trinajstić information content (AvgIpc) is 1.80. The van der Waals surface area contributed by atoms with E-state index >= 15 is 0 Å². The van der Waals surface area contributed by atoms with Crippen molar-refractivity contribution >= 4 is 10.1 Å². The van der Waals surface area contributed by atoms with E-state index in [1.165, 1.54) is 0 Å². The Morgan fingerprint density at radius 3 is 2.38 bits per heavy atom. The molecule has 0 radical (unpaired) electrons. The first-order chi connectivity index (χ1) is 5.85. The lowest BCUT2D eigenvalue weighted by molar-refractivity contribution is -0.132. The Hall–Kier alpha value is -0.230. The Morgan fingerprint density at radius 2 is 2.00 bits per heavy atom. The van der Waals surface area contributed by atoms with Crippen LogP contribution in [-0.4, -0.2) is 26.2 Å². The lowest BCUT2D eigenvalue weighted by atomic mass is 9.91. The van der Waals surface area contributed by atoms with Crippen molar-refractivity contribution in [2.24, 2.45) is 0 Å². The summed E-state index contributed by atoms with van der Waals surface area (Å²) in [5.74, 6) is -2.83. The molecule has 0 atom stereocenters. The lowest BCUT2D eigenvalue weighted by Gasteiger charge is -2.33. The maximum Gasteiger partial charge on any atom is 0.267 e. The molecule has 13 heavy (non-hydrogen) atoms. The molecule has 0 N–H and O–H groups in total. The molecular weight excluding hydrogens is 202 g/mol. The normalized spacial score (nSPS) is 22.7. The molecule has 1 aliphatic carbocycles. The third kappa shape index (κ3) is 3.19. The molecule has 1 aliphatic rings. The predicted molar refractivity (Wildman–Crippen MR) is 43.1 cm³/mol. The van der Waals surface area contributed by atoms with Gasteiger partial charge in [0, 0.05) is 12.8 Å². The van der Waals surface area contributed by atoms with Gasteiger partial charge in [-0.25, -0.2) is 8.78 Å². The van der Waals surface area contributed by atoms with Crippen LogP contribution in [0.25, 0.3) is 0 Å². The lowest BCUT2D eigenvalue weighted by Crippen LogP contribution is -2.42. The number of halogens is 2. The minimum Gasteiger partial charge on any atom is -0.266 e. The summed E-state index contributed by atoms with van der Waals surface area (Å²) in [7, 11) is -3.58. The number of hydrogen-bond donors (Lipinski definition) is 0. The van der Waals surface area contributed by atoms with Gasteiger partial charge in [-0.3, -0.25) is 4.18 Å². The van der Waals surface area contributed by atoms with Crippen LogP contribution >= 0.6 is 0 Å². The van der Waals surface area contributed by atoms with E-state index in [-0.39, 0.29) is 5.75 Å². The van der Waals surface area contributed by atoms with Gasteiger partial charge in [-0.2, -0.15) is 8.42 Å². The van der Waals surface area contributed by atoms with Crippen LogP contribution in [0.15, 0.2) is 0 Å². The SMILES string of the molecule is CCCS(=O)(=O)OC1CC(F)(F)C1. The van der Waals surface area contributed by atoms with Crippen molar-refractivity contribution in [3.05, 3.63) is 0 Å². The highest BCUT2D eigenvalue weighted by molar-refractivity contribution is 7.86. The molecule has 0 saturated heterocycles. The van der Waals surface area contributed by atoms with E-state index in [0.29, 0.717) is 6.42 Å². The Labute approximate surface area is 76.2 Å². The highest BCUT2D eigenvalue weighted by atomic mass is 32.2. The van der Waals surface area contributed by atoms with Gasteiger partial charge in [-0.15, -0.1) is 0 Å². The van der Waals surface area contributed by atoms with Crippen LogP contribution in [-0.2, 0) is 14.3 Å². The number of rotatable bonds is 4. The molecule has 1 fully saturated rings. The maximum atomic E-state index is 12.3. The van der Waals surface area contributed by atoms with E-state index in [1.807, 2.05) is 0 Å². The summed E-state index contributed by atoms with van der Waals surface area (Å²) in [6.45, 7) is 1.69. The zero-order valence-corrected chi connectivity index (χ0v) is 8.11. The minimum atomic E-state index is -3.58. The van der Waals surface area contributed by atoms with Gasteiger partial charge in [0.2, 0.25) is 0 Å². The molecule has 0 aromatic carbocycles. The Bertz CT molecular complexity index is 265. The van der Waals surface area contributed by atoms with E-state index in [2.05, 4.69) is 4.18 Å². The summed E-state index contributed by atoms with van der Waals surface area (Å²) < 4.78 is 51.0. The fraction of sp³-hybridized carbons (Fsp3) is 1.00. The van der Waals surface area contributed by atoms with Crippen molar-refractivity contribution < 1.29 is 21.4 Å². The fourth-order valence-electron chi connectivity index (χ4n) is 1.18. The van der Waals surface area contributed by atoms with E-state index in [1.54, 1.807) is 6.92 Å². The van der Waals surface area contributed by atoms with Crippen LogP contribution in [0.2, 0.25) is 0 Å². The topological polar surface area (TPSA) is 43.4 Å². The molecule has 0 aromatic heterocycles. The second-order valence-corrected chi connectivity index (χ2v) is 4.96. The molecule has 0 spiro atoms. The predicted octanol–water partition coefficient (Wildman–Crippen LogP) is 1.54. The summed E-state index contributed by atoms with van der Waals surface area (Å²) in [4.78, 5) is 0. The molecule has 1 saturated carbocycles. The summed E-state index contributed by atoms with van der Waals surface area (Å²) >= 11 is 0. The quantitative estimate of drug-likeness (QED) is 0.667. The Morgan fingerprint density at radius 1 is 1.46 bits per heavy atom. The second kappa shape index (κ2) is 3.49. The van der Waals surface area contributed by atoms with Gasteiger partial charge >= 0.3 is 0 Å². The highest BCUT2D eigenvalue weighted by Gasteiger charge is 2.47. The second-order valence-electron chi connectivity index (χ2n) is 3.24. The van der Waals surface area contributed by atoms with Gasteiger partial charge in [0.25, 0.3) is 16.0 Å². The van der Waals surface area contributed by atoms with E-state index in [9.17, 15) is 17.2 Å². The number of hydrogen-bond acceptors (Lipinski definition) is 3. The summed E-state index contributed by atoms with van der Waals surface area (Å²) in [5.41, 5.74) is 0. The van der Waals surface area contributed by atoms with Crippen LogP contribution in [0, 0.1) is 0 Å². The van der Waals surface area contributed by atoms with Crippen molar-refractivity contribution in [2.45, 2.75) is 38.2 Å². The van der Waals surface area contributed by atoms with Crippen molar-refractivity contribution in [2.75, 3.05) is 5.75 Å². The molecule has 3 nitrogen and oxygen atoms in total. The van der Waals surface area contributed by atoms with Gasteiger partial charge in [-0.05, 0) is 6.42 Å². The number of alkyl halides is 2. The molecular formula is C7H12F2O3S. The minimum absolute atomic E-state index is 0.102. The van der Waals surface area contributed by atoms with Crippen LogP contribution in [0.5, 0.6) is 0 Å². The van der Waals surface area contributed by atoms with Gasteiger partial charge in [-0.1, -0.05) is 6.92 Å². The van der Waals surface area contributed by atoms with Gasteiger partial charge in [0.15, 0.2) is 0 Å². The zero-order chi connectivity index (χ0) is 10.1. The summed E-state index contributed by atoms with van der Waals surface area (Å²) in [6, 6.07) is 0. The molecule has 1 rings (SSSR count). The fourth-order valence-corrected chi connectivity index (χ4v) is 2.33. The van der Waals surface area contributed by atoms with Crippen LogP contribution < -0.4 is 0 Å². The average molecular weight is 214 g/mol. The third-order valence-corrected chi connectivity index (χ3v) is 3.26. The Balaban J connectivity index is 2.36. The smallest absolute Gasteiger partial charge is 0.266 e. The monoisotopic (exact) mass is 214 g/mol. The summed E-state index contributed by atoms with van der Waals surface area (Å²) in [6.07, 6.45) is -1.33. The van der Waals surface area contributed by atoms with Crippen LogP contribution in [0.3, 0.4) is 0 Å². The van der Waals surface area contributed by atoms with E-state index in [0.717, 1.165) is 0 Å². The highest BCUT2D eigenvalue weighted by Crippen LogP contribution is 2.39. The standard InChI is InChI=1S/C7H12F2O3S/c1-2-3-13(10,11)12-6-4-7(8,9)5-6/h6H,2-5H2,1H3. The largest absolute Gasteiger partial charge is 0.267 e. The van der Waals surface area contributed by atoms with Crippen molar-refractivity contribution in [1.82, 2.24) is 0 Å². The maximum absolute atomic E-state index is 12.3. The Kier molecular flexibility index (Phi) is 2.91.